The van der Waals surface area contributed by atoms with E-state index in [1.54, 1.807) is 6.92 Å². The Kier molecular flexibility index (Phi) is 14.6. The van der Waals surface area contributed by atoms with Crippen LogP contribution in [0, 0.1) is 52.3 Å². The van der Waals surface area contributed by atoms with Crippen molar-refractivity contribution in [2.24, 2.45) is 58.0 Å². The molecule has 12 atom stereocenters. The summed E-state index contributed by atoms with van der Waals surface area (Å²) in [5, 5.41) is 34.7. The molecule has 0 saturated heterocycles. The van der Waals surface area contributed by atoms with Gasteiger partial charge in [0.1, 0.15) is 11.7 Å². The van der Waals surface area contributed by atoms with Gasteiger partial charge in [-0.2, -0.15) is 0 Å². The number of unbranched alkanes of at least 4 members (excludes halogenated alkanes) is 1. The summed E-state index contributed by atoms with van der Waals surface area (Å²) >= 11 is 0. The minimum Gasteiger partial charge on any atom is -0.468 e. The van der Waals surface area contributed by atoms with Gasteiger partial charge in [0.05, 0.1) is 19.3 Å². The number of fused-ring (bicyclic) bond motifs is 5. The molecule has 5 unspecified atom stereocenters. The fraction of sp³-hybridized carbons (Fsp3) is 0.947. The first-order valence-electron chi connectivity index (χ1n) is 19.3. The molecule has 47 heavy (non-hydrogen) atoms. The number of methoxy groups -OCH3 is 1. The molecule has 4 rings (SSSR count). The number of Topliss-reactive ketones (excluding diaryl/α,β-unsaturated/α-hetero) is 1. The topological polar surface area (TPSA) is 146 Å². The van der Waals surface area contributed by atoms with Crippen molar-refractivity contribution in [3.8, 4) is 0 Å². The maximum absolute atomic E-state index is 12.7. The molecular weight excluding hydrogens is 592 g/mol. The Labute approximate surface area is 285 Å². The van der Waals surface area contributed by atoms with E-state index in [1.807, 2.05) is 0 Å². The number of nitrogens with two attached hydrogens (primary N) is 1. The number of rotatable bonds is 19. The Morgan fingerprint density at radius 3 is 2.26 bits per heavy atom. The predicted molar refractivity (Wildman–Crippen MR) is 188 cm³/mol. The monoisotopic (exact) mass is 663 g/mol. The highest BCUT2D eigenvalue weighted by molar-refractivity contribution is 5.98. The van der Waals surface area contributed by atoms with Crippen LogP contribution in [0.4, 0.5) is 0 Å². The van der Waals surface area contributed by atoms with E-state index in [2.05, 4.69) is 36.7 Å². The van der Waals surface area contributed by atoms with Crippen LogP contribution in [0.3, 0.4) is 0 Å². The lowest BCUT2D eigenvalue weighted by Gasteiger charge is -2.63. The van der Waals surface area contributed by atoms with Crippen molar-refractivity contribution in [1.82, 2.24) is 16.0 Å². The van der Waals surface area contributed by atoms with Gasteiger partial charge in [-0.05, 0) is 170 Å². The predicted octanol–water partition coefficient (Wildman–Crippen LogP) is 4.04. The number of esters is 1. The highest BCUT2D eigenvalue weighted by atomic mass is 16.5. The molecule has 4 aliphatic rings. The van der Waals surface area contributed by atoms with Crippen molar-refractivity contribution < 1.29 is 24.5 Å². The summed E-state index contributed by atoms with van der Waals surface area (Å²) in [6.07, 6.45) is 12.1. The molecule has 0 radical (unpaired) electrons. The molecule has 0 aromatic heterocycles. The number of carbonyl (C=O) groups is 2. The van der Waals surface area contributed by atoms with Crippen LogP contribution in [0.2, 0.25) is 0 Å². The van der Waals surface area contributed by atoms with E-state index >= 15 is 0 Å². The lowest BCUT2D eigenvalue weighted by atomic mass is 9.43. The molecule has 0 bridgehead atoms. The van der Waals surface area contributed by atoms with Crippen LogP contribution in [0.1, 0.15) is 111 Å². The Morgan fingerprint density at radius 2 is 1.57 bits per heavy atom. The van der Waals surface area contributed by atoms with Crippen LogP contribution in [0.5, 0.6) is 0 Å². The summed E-state index contributed by atoms with van der Waals surface area (Å²) in [5.74, 6) is 0.679. The van der Waals surface area contributed by atoms with Crippen molar-refractivity contribution in [3.05, 3.63) is 0 Å². The first-order valence-corrected chi connectivity index (χ1v) is 19.3. The summed E-state index contributed by atoms with van der Waals surface area (Å²) in [4.78, 5) is 24.6. The number of carbonyl (C=O) groups excluding carboxylic acids is 2. The zero-order chi connectivity index (χ0) is 34.2. The molecule has 0 aromatic carbocycles. The number of nitrogens with one attached hydrogen (secondary N) is 3. The van der Waals surface area contributed by atoms with Crippen molar-refractivity contribution >= 4 is 11.8 Å². The van der Waals surface area contributed by atoms with Gasteiger partial charge in [-0.15, -0.1) is 0 Å². The average molecular weight is 663 g/mol. The van der Waals surface area contributed by atoms with E-state index in [1.165, 1.54) is 26.4 Å². The summed E-state index contributed by atoms with van der Waals surface area (Å²) in [5.41, 5.74) is 5.44. The number of aliphatic hydroxyl groups is 2. The van der Waals surface area contributed by atoms with E-state index in [4.69, 9.17) is 10.5 Å². The minimum absolute atomic E-state index is 0.0649. The van der Waals surface area contributed by atoms with Gasteiger partial charge in [0.15, 0.2) is 0 Å². The SMILES string of the molecule is COC(=O)C(C)C(=O)CC[C@@H](C)[C@H]1CCC2C3C(CC(O)[C@@]21C)[C@@]1(C)CC[C@H](NCCCNCCCCNCCCN)C[C@@H]1C[C@H]3O. The van der Waals surface area contributed by atoms with Crippen molar-refractivity contribution in [1.29, 1.82) is 0 Å². The largest absolute Gasteiger partial charge is 0.468 e. The minimum atomic E-state index is -0.728. The first kappa shape index (κ1) is 38.7. The highest BCUT2D eigenvalue weighted by Gasteiger charge is 2.65. The normalized spacial score (nSPS) is 37.8. The van der Waals surface area contributed by atoms with Gasteiger partial charge < -0.3 is 36.6 Å². The van der Waals surface area contributed by atoms with Gasteiger partial charge in [-0.3, -0.25) is 9.59 Å². The fourth-order valence-corrected chi connectivity index (χ4v) is 10.9. The second kappa shape index (κ2) is 17.7. The average Bonchev–Trinajstić information content (AvgIpc) is 3.42. The quantitative estimate of drug-likeness (QED) is 0.0686. The third kappa shape index (κ3) is 8.80. The molecule has 272 valence electrons. The van der Waals surface area contributed by atoms with E-state index in [-0.39, 0.29) is 34.6 Å². The van der Waals surface area contributed by atoms with Crippen LogP contribution >= 0.6 is 0 Å². The molecular formula is C38H70N4O5. The molecule has 4 aliphatic carbocycles. The zero-order valence-corrected chi connectivity index (χ0v) is 30.4. The van der Waals surface area contributed by atoms with Crippen molar-refractivity contribution in [2.75, 3.05) is 46.4 Å². The smallest absolute Gasteiger partial charge is 0.315 e. The Hall–Kier alpha value is -1.10. The third-order valence-corrected chi connectivity index (χ3v) is 13.9. The molecule has 0 heterocycles. The summed E-state index contributed by atoms with van der Waals surface area (Å²) in [7, 11) is 1.33. The second-order valence-electron chi connectivity index (χ2n) is 16.5. The Balaban J connectivity index is 1.24. The molecule has 7 N–H and O–H groups in total. The van der Waals surface area contributed by atoms with Gasteiger partial charge in [0.25, 0.3) is 0 Å². The standard InChI is InChI=1S/C38H70N4O5/c1-25(10-13-32(43)26(2)36(46)47-5)29-11-12-30-35-31(24-34(45)38(29,30)4)37(3)15-14-28(22-27(37)23-33(35)44)42-21-9-20-41-18-7-6-17-40-19-8-16-39/h25-31,33-35,40-42,44-45H,6-24,39H2,1-5H3/t25-,26?,27-,28+,29-,30?,31?,33-,34?,35?,37+,38-/m1/s1. The van der Waals surface area contributed by atoms with E-state index in [9.17, 15) is 19.8 Å². The maximum Gasteiger partial charge on any atom is 0.315 e. The van der Waals surface area contributed by atoms with Gasteiger partial charge in [0, 0.05) is 12.5 Å². The number of ether oxygens (including phenoxy) is 1. The van der Waals surface area contributed by atoms with E-state index in [0.29, 0.717) is 42.6 Å². The maximum atomic E-state index is 12.7. The van der Waals surface area contributed by atoms with E-state index < -0.39 is 18.0 Å². The fourth-order valence-electron chi connectivity index (χ4n) is 10.9. The van der Waals surface area contributed by atoms with Crippen LogP contribution in [0.25, 0.3) is 0 Å². The lowest BCUT2D eigenvalue weighted by molar-refractivity contribution is -0.202. The van der Waals surface area contributed by atoms with Gasteiger partial charge in [-0.1, -0.05) is 20.8 Å². The van der Waals surface area contributed by atoms with Crippen molar-refractivity contribution in [3.63, 3.8) is 0 Å². The van der Waals surface area contributed by atoms with Crippen LogP contribution in [-0.2, 0) is 14.3 Å². The highest BCUT2D eigenvalue weighted by Crippen LogP contribution is 2.68. The lowest BCUT2D eigenvalue weighted by Crippen LogP contribution is -2.62. The summed E-state index contributed by atoms with van der Waals surface area (Å²) < 4.78 is 4.78. The molecule has 4 fully saturated rings. The molecule has 0 aromatic rings. The van der Waals surface area contributed by atoms with Crippen LogP contribution in [-0.4, -0.2) is 86.6 Å². The number of ketones is 1. The summed E-state index contributed by atoms with van der Waals surface area (Å²) in [6, 6.07) is 0.511. The Bertz CT molecular complexity index is 999. The molecule has 9 heteroatoms. The van der Waals surface area contributed by atoms with Crippen LogP contribution < -0.4 is 21.7 Å². The molecule has 0 aliphatic heterocycles. The molecule has 4 saturated carbocycles. The Morgan fingerprint density at radius 1 is 0.894 bits per heavy atom. The molecule has 9 nitrogen and oxygen atoms in total. The van der Waals surface area contributed by atoms with Gasteiger partial charge in [-0.25, -0.2) is 0 Å². The molecule has 0 spiro atoms. The first-order chi connectivity index (χ1) is 22.5. The van der Waals surface area contributed by atoms with Crippen LogP contribution in [0.15, 0.2) is 0 Å². The molecule has 0 amide bonds. The summed E-state index contributed by atoms with van der Waals surface area (Å²) in [6.45, 7) is 14.6. The number of hydrogen-bond donors (Lipinski definition) is 6. The van der Waals surface area contributed by atoms with Crippen molar-refractivity contribution in [2.45, 2.75) is 129 Å². The number of aliphatic hydroxyl groups excluding tert-OH is 2. The van der Waals surface area contributed by atoms with Gasteiger partial charge in [0.2, 0.25) is 0 Å². The third-order valence-electron chi connectivity index (χ3n) is 13.9. The second-order valence-corrected chi connectivity index (χ2v) is 16.5. The zero-order valence-electron chi connectivity index (χ0n) is 30.4. The van der Waals surface area contributed by atoms with E-state index in [0.717, 1.165) is 90.6 Å². The van der Waals surface area contributed by atoms with Gasteiger partial charge >= 0.3 is 5.97 Å². The number of hydrogen-bond acceptors (Lipinski definition) is 9.